The van der Waals surface area contributed by atoms with E-state index in [9.17, 15) is 15.0 Å². The summed E-state index contributed by atoms with van der Waals surface area (Å²) >= 11 is 0. The molecule has 0 aliphatic heterocycles. The van der Waals surface area contributed by atoms with Crippen molar-refractivity contribution in [2.75, 3.05) is 0 Å². The average molecular weight is 234 g/mol. The van der Waals surface area contributed by atoms with Gasteiger partial charge in [-0.1, -0.05) is 26.8 Å². The Morgan fingerprint density at radius 1 is 1.41 bits per heavy atom. The second-order valence-corrected chi connectivity index (χ2v) is 5.03. The topological polar surface area (TPSA) is 57.5 Å². The molecule has 0 aliphatic carbocycles. The first-order chi connectivity index (χ1) is 7.79. The minimum Gasteiger partial charge on any atom is -0.508 e. The van der Waals surface area contributed by atoms with Crippen molar-refractivity contribution >= 4 is 5.97 Å². The third-order valence-corrected chi connectivity index (χ3v) is 2.62. The molecule has 0 heterocycles. The number of hydrogen-bond donors (Lipinski definition) is 2. The molecule has 3 nitrogen and oxygen atoms in total. The highest BCUT2D eigenvalue weighted by Crippen LogP contribution is 2.34. The highest BCUT2D eigenvalue weighted by Gasteiger charge is 2.26. The van der Waals surface area contributed by atoms with E-state index in [1.807, 2.05) is 20.8 Å². The standard InChI is InChI=1S/C14H18O3/c1-5-6-9-11(15)8-7-10(13(16)17)12(9)14(2,3)4/h5,7-8,15H,1,6H2,2-4H3,(H,16,17). The molecule has 1 rings (SSSR count). The van der Waals surface area contributed by atoms with Gasteiger partial charge in [-0.25, -0.2) is 4.79 Å². The molecule has 0 amide bonds. The lowest BCUT2D eigenvalue weighted by molar-refractivity contribution is 0.0694. The van der Waals surface area contributed by atoms with Crippen molar-refractivity contribution in [3.05, 3.63) is 41.5 Å². The molecule has 0 aliphatic rings. The van der Waals surface area contributed by atoms with Crippen LogP contribution in [-0.4, -0.2) is 16.2 Å². The van der Waals surface area contributed by atoms with E-state index in [4.69, 9.17) is 0 Å². The van der Waals surface area contributed by atoms with Gasteiger partial charge in [0.05, 0.1) is 5.56 Å². The van der Waals surface area contributed by atoms with Gasteiger partial charge < -0.3 is 10.2 Å². The van der Waals surface area contributed by atoms with E-state index >= 15 is 0 Å². The Balaban J connectivity index is 3.61. The fourth-order valence-electron chi connectivity index (χ4n) is 2.02. The van der Waals surface area contributed by atoms with Gasteiger partial charge in [-0.05, 0) is 29.5 Å². The van der Waals surface area contributed by atoms with Crippen LogP contribution in [0.25, 0.3) is 0 Å². The molecule has 0 spiro atoms. The van der Waals surface area contributed by atoms with Crippen LogP contribution in [0.3, 0.4) is 0 Å². The van der Waals surface area contributed by atoms with E-state index in [0.717, 1.165) is 0 Å². The van der Waals surface area contributed by atoms with E-state index in [-0.39, 0.29) is 16.7 Å². The summed E-state index contributed by atoms with van der Waals surface area (Å²) in [6.07, 6.45) is 2.12. The van der Waals surface area contributed by atoms with Crippen molar-refractivity contribution in [2.45, 2.75) is 32.6 Å². The quantitative estimate of drug-likeness (QED) is 0.790. The number of phenols is 1. The maximum absolute atomic E-state index is 11.2. The smallest absolute Gasteiger partial charge is 0.335 e. The summed E-state index contributed by atoms with van der Waals surface area (Å²) in [4.78, 5) is 11.2. The van der Waals surface area contributed by atoms with Gasteiger partial charge >= 0.3 is 5.97 Å². The van der Waals surface area contributed by atoms with Crippen LogP contribution in [0.2, 0.25) is 0 Å². The first-order valence-electron chi connectivity index (χ1n) is 5.48. The Bertz CT molecular complexity index is 453. The summed E-state index contributed by atoms with van der Waals surface area (Å²) in [7, 11) is 0. The van der Waals surface area contributed by atoms with E-state index in [0.29, 0.717) is 17.5 Å². The maximum Gasteiger partial charge on any atom is 0.335 e. The van der Waals surface area contributed by atoms with Gasteiger partial charge in [0.1, 0.15) is 5.75 Å². The second kappa shape index (κ2) is 4.62. The molecule has 0 saturated carbocycles. The molecule has 17 heavy (non-hydrogen) atoms. The van der Waals surface area contributed by atoms with E-state index in [1.54, 1.807) is 6.08 Å². The van der Waals surface area contributed by atoms with Gasteiger partial charge in [0.2, 0.25) is 0 Å². The zero-order valence-electron chi connectivity index (χ0n) is 10.4. The number of rotatable bonds is 3. The minimum absolute atomic E-state index is 0.125. The van der Waals surface area contributed by atoms with Gasteiger partial charge in [-0.15, -0.1) is 6.58 Å². The van der Waals surface area contributed by atoms with Crippen LogP contribution in [0, 0.1) is 0 Å². The van der Waals surface area contributed by atoms with Crippen LogP contribution < -0.4 is 0 Å². The summed E-state index contributed by atoms with van der Waals surface area (Å²) in [5.74, 6) is -0.847. The number of phenolic OH excluding ortho intramolecular Hbond substituents is 1. The lowest BCUT2D eigenvalue weighted by Crippen LogP contribution is -2.19. The number of carboxylic acid groups (broad SMARTS) is 1. The molecule has 2 N–H and O–H groups in total. The largest absolute Gasteiger partial charge is 0.508 e. The lowest BCUT2D eigenvalue weighted by Gasteiger charge is -2.25. The first-order valence-corrected chi connectivity index (χ1v) is 5.48. The fraction of sp³-hybridized carbons (Fsp3) is 0.357. The summed E-state index contributed by atoms with van der Waals surface area (Å²) in [5, 5.41) is 19.1. The Kier molecular flexibility index (Phi) is 3.61. The van der Waals surface area contributed by atoms with Gasteiger partial charge in [-0.3, -0.25) is 0 Å². The summed E-state index contributed by atoms with van der Waals surface area (Å²) in [5.41, 5.74) is 1.22. The molecular weight excluding hydrogens is 216 g/mol. The monoisotopic (exact) mass is 234 g/mol. The Morgan fingerprint density at radius 2 is 2.00 bits per heavy atom. The zero-order chi connectivity index (χ0) is 13.2. The van der Waals surface area contributed by atoms with E-state index in [2.05, 4.69) is 6.58 Å². The Hall–Kier alpha value is -1.77. The van der Waals surface area contributed by atoms with Crippen LogP contribution in [-0.2, 0) is 11.8 Å². The lowest BCUT2D eigenvalue weighted by atomic mass is 9.79. The predicted octanol–water partition coefficient (Wildman–Crippen LogP) is 3.12. The SMILES string of the molecule is C=CCc1c(O)ccc(C(=O)O)c1C(C)(C)C. The predicted molar refractivity (Wildman–Crippen MR) is 67.7 cm³/mol. The van der Waals surface area contributed by atoms with Crippen molar-refractivity contribution in [1.82, 2.24) is 0 Å². The molecule has 0 aromatic heterocycles. The second-order valence-electron chi connectivity index (χ2n) is 5.03. The third kappa shape index (κ3) is 2.67. The normalized spacial score (nSPS) is 11.2. The fourth-order valence-corrected chi connectivity index (χ4v) is 2.02. The number of benzene rings is 1. The maximum atomic E-state index is 11.2. The molecule has 0 saturated heterocycles. The molecule has 92 valence electrons. The Morgan fingerprint density at radius 3 is 2.41 bits per heavy atom. The van der Waals surface area contributed by atoms with Gasteiger partial charge in [-0.2, -0.15) is 0 Å². The summed E-state index contributed by atoms with van der Waals surface area (Å²) in [6.45, 7) is 9.43. The van der Waals surface area contributed by atoms with Crippen molar-refractivity contribution in [3.63, 3.8) is 0 Å². The van der Waals surface area contributed by atoms with Gasteiger partial charge in [0.25, 0.3) is 0 Å². The van der Waals surface area contributed by atoms with Crippen molar-refractivity contribution in [1.29, 1.82) is 0 Å². The Labute approximate surface area is 101 Å². The molecule has 0 fully saturated rings. The molecule has 1 aromatic rings. The van der Waals surface area contributed by atoms with Crippen LogP contribution in [0.4, 0.5) is 0 Å². The van der Waals surface area contributed by atoms with E-state index in [1.165, 1.54) is 12.1 Å². The molecular formula is C14H18O3. The first kappa shape index (κ1) is 13.3. The van der Waals surface area contributed by atoms with Crippen LogP contribution >= 0.6 is 0 Å². The van der Waals surface area contributed by atoms with Crippen LogP contribution in [0.1, 0.15) is 42.3 Å². The molecule has 3 heteroatoms. The van der Waals surface area contributed by atoms with Gasteiger partial charge in [0.15, 0.2) is 0 Å². The zero-order valence-corrected chi connectivity index (χ0v) is 10.4. The number of allylic oxidation sites excluding steroid dienone is 1. The van der Waals surface area contributed by atoms with Crippen LogP contribution in [0.15, 0.2) is 24.8 Å². The molecule has 0 bridgehead atoms. The number of carbonyl (C=O) groups is 1. The van der Waals surface area contributed by atoms with Gasteiger partial charge in [0, 0.05) is 5.56 Å². The molecule has 1 aromatic carbocycles. The van der Waals surface area contributed by atoms with Crippen molar-refractivity contribution in [3.8, 4) is 5.75 Å². The molecule has 0 radical (unpaired) electrons. The number of aromatic hydroxyl groups is 1. The van der Waals surface area contributed by atoms with E-state index < -0.39 is 5.97 Å². The molecule has 0 atom stereocenters. The van der Waals surface area contributed by atoms with Crippen molar-refractivity contribution < 1.29 is 15.0 Å². The third-order valence-electron chi connectivity index (χ3n) is 2.62. The average Bonchev–Trinajstić information content (AvgIpc) is 2.18. The number of aromatic carboxylic acids is 1. The number of carboxylic acids is 1. The molecule has 0 unspecified atom stereocenters. The highest BCUT2D eigenvalue weighted by atomic mass is 16.4. The van der Waals surface area contributed by atoms with Crippen molar-refractivity contribution in [2.24, 2.45) is 0 Å². The summed E-state index contributed by atoms with van der Waals surface area (Å²) < 4.78 is 0. The highest BCUT2D eigenvalue weighted by molar-refractivity contribution is 5.90. The summed E-state index contributed by atoms with van der Waals surface area (Å²) in [6, 6.07) is 2.88. The number of hydrogen-bond acceptors (Lipinski definition) is 2. The van der Waals surface area contributed by atoms with Crippen LogP contribution in [0.5, 0.6) is 5.75 Å². The minimum atomic E-state index is -0.972.